The number of ether oxygens (including phenoxy) is 1. The number of morpholine rings is 1. The minimum atomic E-state index is -0.454. The summed E-state index contributed by atoms with van der Waals surface area (Å²) in [4.78, 5) is 12.6. The van der Waals surface area contributed by atoms with Crippen LogP contribution < -0.4 is 4.90 Å². The number of benzene rings is 1. The van der Waals surface area contributed by atoms with Crippen molar-refractivity contribution in [3.8, 4) is 0 Å². The van der Waals surface area contributed by atoms with Gasteiger partial charge >= 0.3 is 0 Å². The first-order valence-corrected chi connectivity index (χ1v) is 6.44. The maximum absolute atomic E-state index is 11.2. The van der Waals surface area contributed by atoms with Gasteiger partial charge in [0.1, 0.15) is 5.69 Å². The van der Waals surface area contributed by atoms with Crippen molar-refractivity contribution >= 4 is 11.4 Å². The Labute approximate surface area is 116 Å². The summed E-state index contributed by atoms with van der Waals surface area (Å²) < 4.78 is 5.43. The molecule has 2 unspecified atom stereocenters. The van der Waals surface area contributed by atoms with Crippen molar-refractivity contribution in [2.75, 3.05) is 24.7 Å². The summed E-state index contributed by atoms with van der Waals surface area (Å²) in [6.07, 6.45) is -0.344. The van der Waals surface area contributed by atoms with Crippen molar-refractivity contribution in [1.82, 2.24) is 0 Å². The number of nitro benzene ring substituents is 1. The first kappa shape index (κ1) is 14.7. The molecule has 1 heterocycles. The SMILES string of the molecule is CC1COC(CO)CN1c1ccc(CO)cc1[N+](=O)[O-]. The van der Waals surface area contributed by atoms with E-state index in [0.717, 1.165) is 0 Å². The molecule has 2 rings (SSSR count). The predicted molar refractivity (Wildman–Crippen MR) is 72.7 cm³/mol. The molecule has 0 spiro atoms. The Kier molecular flexibility index (Phi) is 4.53. The second-order valence-electron chi connectivity index (χ2n) is 4.88. The second-order valence-corrected chi connectivity index (χ2v) is 4.88. The quantitative estimate of drug-likeness (QED) is 0.622. The van der Waals surface area contributed by atoms with Crippen molar-refractivity contribution in [2.24, 2.45) is 0 Å². The molecular weight excluding hydrogens is 264 g/mol. The molecule has 1 aromatic rings. The molecule has 1 aromatic carbocycles. The lowest BCUT2D eigenvalue weighted by Crippen LogP contribution is -2.49. The van der Waals surface area contributed by atoms with Crippen LogP contribution in [-0.2, 0) is 11.3 Å². The summed E-state index contributed by atoms with van der Waals surface area (Å²) in [5.41, 5.74) is 0.948. The van der Waals surface area contributed by atoms with E-state index in [2.05, 4.69) is 0 Å². The van der Waals surface area contributed by atoms with Crippen molar-refractivity contribution in [3.63, 3.8) is 0 Å². The predicted octanol–water partition coefficient (Wildman–Crippen LogP) is 0.673. The molecule has 2 atom stereocenters. The fraction of sp³-hybridized carbons (Fsp3) is 0.538. The molecule has 20 heavy (non-hydrogen) atoms. The third-order valence-corrected chi connectivity index (χ3v) is 3.44. The second kappa shape index (κ2) is 6.17. The summed E-state index contributed by atoms with van der Waals surface area (Å²) in [5, 5.41) is 29.5. The van der Waals surface area contributed by atoms with Crippen LogP contribution in [0.4, 0.5) is 11.4 Å². The van der Waals surface area contributed by atoms with E-state index in [1.54, 1.807) is 12.1 Å². The monoisotopic (exact) mass is 282 g/mol. The van der Waals surface area contributed by atoms with E-state index in [4.69, 9.17) is 9.84 Å². The Morgan fingerprint density at radius 1 is 1.50 bits per heavy atom. The molecule has 110 valence electrons. The highest BCUT2D eigenvalue weighted by molar-refractivity contribution is 5.65. The molecule has 1 fully saturated rings. The van der Waals surface area contributed by atoms with Crippen LogP contribution in [0.2, 0.25) is 0 Å². The van der Waals surface area contributed by atoms with Gasteiger partial charge in [-0.05, 0) is 18.6 Å². The van der Waals surface area contributed by atoms with E-state index in [0.29, 0.717) is 24.4 Å². The molecule has 1 aliphatic heterocycles. The number of nitrogens with zero attached hydrogens (tertiary/aromatic N) is 2. The van der Waals surface area contributed by atoms with Gasteiger partial charge < -0.3 is 19.8 Å². The van der Waals surface area contributed by atoms with Crippen LogP contribution in [0, 0.1) is 10.1 Å². The van der Waals surface area contributed by atoms with E-state index < -0.39 is 4.92 Å². The number of hydrogen-bond donors (Lipinski definition) is 2. The van der Waals surface area contributed by atoms with Gasteiger partial charge in [-0.1, -0.05) is 6.07 Å². The Morgan fingerprint density at radius 2 is 2.25 bits per heavy atom. The van der Waals surface area contributed by atoms with Crippen LogP contribution in [0.15, 0.2) is 18.2 Å². The van der Waals surface area contributed by atoms with Crippen molar-refractivity contribution < 1.29 is 19.9 Å². The molecule has 1 aliphatic rings. The lowest BCUT2D eigenvalue weighted by atomic mass is 10.1. The maximum Gasteiger partial charge on any atom is 0.292 e. The lowest BCUT2D eigenvalue weighted by molar-refractivity contribution is -0.384. The Hall–Kier alpha value is -1.70. The molecule has 0 amide bonds. The Bertz CT molecular complexity index is 494. The molecule has 0 aliphatic carbocycles. The van der Waals surface area contributed by atoms with Crippen LogP contribution in [0.25, 0.3) is 0 Å². The lowest BCUT2D eigenvalue weighted by Gasteiger charge is -2.38. The van der Waals surface area contributed by atoms with Crippen LogP contribution in [0.3, 0.4) is 0 Å². The van der Waals surface area contributed by atoms with E-state index >= 15 is 0 Å². The highest BCUT2D eigenvalue weighted by atomic mass is 16.6. The average molecular weight is 282 g/mol. The highest BCUT2D eigenvalue weighted by Gasteiger charge is 2.30. The van der Waals surface area contributed by atoms with Crippen molar-refractivity contribution in [3.05, 3.63) is 33.9 Å². The third-order valence-electron chi connectivity index (χ3n) is 3.44. The molecule has 0 aromatic heterocycles. The Balaban J connectivity index is 2.37. The smallest absolute Gasteiger partial charge is 0.292 e. The third kappa shape index (κ3) is 2.90. The van der Waals surface area contributed by atoms with Crippen LogP contribution in [-0.4, -0.2) is 47.0 Å². The zero-order valence-corrected chi connectivity index (χ0v) is 11.2. The van der Waals surface area contributed by atoms with Gasteiger partial charge in [0.05, 0.1) is 30.8 Å². The van der Waals surface area contributed by atoms with E-state index in [1.807, 2.05) is 11.8 Å². The van der Waals surface area contributed by atoms with E-state index in [9.17, 15) is 15.2 Å². The van der Waals surface area contributed by atoms with Gasteiger partial charge in [-0.3, -0.25) is 10.1 Å². The fourth-order valence-corrected chi connectivity index (χ4v) is 2.32. The van der Waals surface area contributed by atoms with Gasteiger partial charge in [-0.15, -0.1) is 0 Å². The molecule has 7 heteroatoms. The zero-order chi connectivity index (χ0) is 14.7. The molecular formula is C13H18N2O5. The first-order chi connectivity index (χ1) is 9.56. The minimum Gasteiger partial charge on any atom is -0.394 e. The standard InChI is InChI=1S/C13H18N2O5/c1-9-8-20-11(7-17)5-14(9)12-3-2-10(6-16)4-13(12)15(18)19/h2-4,9,11,16-17H,5-8H2,1H3. The summed E-state index contributed by atoms with van der Waals surface area (Å²) in [6, 6.07) is 4.67. The number of rotatable bonds is 4. The molecule has 0 saturated carbocycles. The van der Waals surface area contributed by atoms with Gasteiger partial charge in [-0.25, -0.2) is 0 Å². The summed E-state index contributed by atoms with van der Waals surface area (Å²) >= 11 is 0. The van der Waals surface area contributed by atoms with E-state index in [1.165, 1.54) is 6.07 Å². The normalized spacial score (nSPS) is 22.9. The number of anilines is 1. The molecule has 0 radical (unpaired) electrons. The molecule has 2 N–H and O–H groups in total. The summed E-state index contributed by atoms with van der Waals surface area (Å²) in [5.74, 6) is 0. The van der Waals surface area contributed by atoms with Gasteiger partial charge in [0, 0.05) is 18.7 Å². The minimum absolute atomic E-state index is 0.0172. The number of aliphatic hydroxyl groups is 2. The number of aliphatic hydroxyl groups excluding tert-OH is 2. The van der Waals surface area contributed by atoms with Crippen LogP contribution >= 0.6 is 0 Å². The van der Waals surface area contributed by atoms with Gasteiger partial charge in [0.2, 0.25) is 0 Å². The summed E-state index contributed by atoms with van der Waals surface area (Å²) in [7, 11) is 0. The largest absolute Gasteiger partial charge is 0.394 e. The first-order valence-electron chi connectivity index (χ1n) is 6.44. The van der Waals surface area contributed by atoms with Gasteiger partial charge in [-0.2, -0.15) is 0 Å². The van der Waals surface area contributed by atoms with Crippen LogP contribution in [0.1, 0.15) is 12.5 Å². The number of nitro groups is 1. The maximum atomic E-state index is 11.2. The number of hydrogen-bond acceptors (Lipinski definition) is 6. The zero-order valence-electron chi connectivity index (χ0n) is 11.2. The highest BCUT2D eigenvalue weighted by Crippen LogP contribution is 2.32. The van der Waals surface area contributed by atoms with Crippen molar-refractivity contribution in [1.29, 1.82) is 0 Å². The average Bonchev–Trinajstić information content (AvgIpc) is 2.47. The summed E-state index contributed by atoms with van der Waals surface area (Å²) in [6.45, 7) is 2.36. The topological polar surface area (TPSA) is 96.1 Å². The molecule has 0 bridgehead atoms. The van der Waals surface area contributed by atoms with Gasteiger partial charge in [0.15, 0.2) is 0 Å². The fourth-order valence-electron chi connectivity index (χ4n) is 2.32. The molecule has 7 nitrogen and oxygen atoms in total. The van der Waals surface area contributed by atoms with Crippen LogP contribution in [0.5, 0.6) is 0 Å². The van der Waals surface area contributed by atoms with Crippen molar-refractivity contribution in [2.45, 2.75) is 25.7 Å². The molecule has 1 saturated heterocycles. The van der Waals surface area contributed by atoms with E-state index in [-0.39, 0.29) is 31.0 Å². The Morgan fingerprint density at radius 3 is 2.85 bits per heavy atom. The van der Waals surface area contributed by atoms with Gasteiger partial charge in [0.25, 0.3) is 5.69 Å².